The molecule has 2 nitrogen and oxygen atoms in total. The third-order valence-corrected chi connectivity index (χ3v) is 3.54. The average molecular weight is 289 g/mol. The van der Waals surface area contributed by atoms with E-state index >= 15 is 0 Å². The molecule has 1 aliphatic carbocycles. The lowest BCUT2D eigenvalue weighted by Crippen LogP contribution is -2.24. The Labute approximate surface area is 114 Å². The predicted octanol–water partition coefficient (Wildman–Crippen LogP) is 4.46. The third kappa shape index (κ3) is 3.13. The van der Waals surface area contributed by atoms with Gasteiger partial charge in [-0.3, -0.25) is 0 Å². The molecular formula is C13H12ClF3N2. The second-order valence-corrected chi connectivity index (χ2v) is 5.04. The number of nitriles is 1. The highest BCUT2D eigenvalue weighted by Crippen LogP contribution is 2.38. The Bertz CT molecular complexity index is 508. The summed E-state index contributed by atoms with van der Waals surface area (Å²) in [4.78, 5) is 0. The number of nitrogens with one attached hydrogen (secondary N) is 1. The van der Waals surface area contributed by atoms with E-state index in [1.54, 1.807) is 0 Å². The van der Waals surface area contributed by atoms with Crippen molar-refractivity contribution in [3.8, 4) is 6.07 Å². The van der Waals surface area contributed by atoms with E-state index in [4.69, 9.17) is 16.9 Å². The maximum Gasteiger partial charge on any atom is 0.418 e. The van der Waals surface area contributed by atoms with E-state index in [1.165, 1.54) is 12.1 Å². The predicted molar refractivity (Wildman–Crippen MR) is 66.8 cm³/mol. The van der Waals surface area contributed by atoms with Crippen LogP contribution in [-0.4, -0.2) is 6.04 Å². The van der Waals surface area contributed by atoms with Crippen LogP contribution in [0.5, 0.6) is 0 Å². The summed E-state index contributed by atoms with van der Waals surface area (Å²) in [6.45, 7) is 0. The van der Waals surface area contributed by atoms with Gasteiger partial charge < -0.3 is 5.32 Å². The molecule has 0 radical (unpaired) electrons. The van der Waals surface area contributed by atoms with Crippen molar-refractivity contribution in [2.75, 3.05) is 5.32 Å². The number of rotatable bonds is 2. The van der Waals surface area contributed by atoms with Crippen molar-refractivity contribution >= 4 is 17.3 Å². The average Bonchev–Trinajstić information content (AvgIpc) is 2.77. The van der Waals surface area contributed by atoms with E-state index in [-0.39, 0.29) is 22.7 Å². The molecule has 0 saturated heterocycles. The van der Waals surface area contributed by atoms with E-state index in [9.17, 15) is 13.2 Å². The zero-order chi connectivity index (χ0) is 14.0. The van der Waals surface area contributed by atoms with Crippen LogP contribution in [0, 0.1) is 17.2 Å². The molecule has 2 atom stereocenters. The Balaban J connectivity index is 2.28. The van der Waals surface area contributed by atoms with Gasteiger partial charge in [-0.1, -0.05) is 11.6 Å². The minimum atomic E-state index is -4.46. The standard InChI is InChI=1S/C13H12ClF3N2/c14-9-4-5-12(10(6-9)13(15,16)17)19-11-3-1-2-8(11)7-18/h4-6,8,11,19H,1-3H2. The van der Waals surface area contributed by atoms with Crippen LogP contribution in [-0.2, 0) is 6.18 Å². The van der Waals surface area contributed by atoms with Crippen LogP contribution >= 0.6 is 11.6 Å². The first-order valence-corrected chi connectivity index (χ1v) is 6.32. The smallest absolute Gasteiger partial charge is 0.380 e. The first-order valence-electron chi connectivity index (χ1n) is 5.94. The van der Waals surface area contributed by atoms with Crippen molar-refractivity contribution in [2.45, 2.75) is 31.5 Å². The number of anilines is 1. The van der Waals surface area contributed by atoms with Crippen molar-refractivity contribution in [2.24, 2.45) is 5.92 Å². The minimum Gasteiger partial charge on any atom is -0.380 e. The van der Waals surface area contributed by atoms with Gasteiger partial charge in [0.2, 0.25) is 0 Å². The fourth-order valence-corrected chi connectivity index (χ4v) is 2.54. The van der Waals surface area contributed by atoms with Gasteiger partial charge in [-0.15, -0.1) is 0 Å². The maximum atomic E-state index is 12.9. The Kier molecular flexibility index (Phi) is 3.91. The molecule has 0 spiro atoms. The van der Waals surface area contributed by atoms with Gasteiger partial charge in [-0.05, 0) is 37.5 Å². The molecular weight excluding hydrogens is 277 g/mol. The summed E-state index contributed by atoms with van der Waals surface area (Å²) < 4.78 is 38.8. The second kappa shape index (κ2) is 5.30. The first-order chi connectivity index (χ1) is 8.91. The molecule has 1 aliphatic rings. The Morgan fingerprint density at radius 3 is 2.68 bits per heavy atom. The van der Waals surface area contributed by atoms with Crippen LogP contribution < -0.4 is 5.32 Å². The highest BCUT2D eigenvalue weighted by molar-refractivity contribution is 6.30. The number of halogens is 4. The molecule has 1 fully saturated rings. The lowest BCUT2D eigenvalue weighted by molar-refractivity contribution is -0.137. The highest BCUT2D eigenvalue weighted by atomic mass is 35.5. The molecule has 0 aliphatic heterocycles. The maximum absolute atomic E-state index is 12.9. The number of hydrogen-bond acceptors (Lipinski definition) is 2. The van der Waals surface area contributed by atoms with Crippen molar-refractivity contribution in [3.05, 3.63) is 28.8 Å². The first kappa shape index (κ1) is 14.0. The van der Waals surface area contributed by atoms with E-state index in [2.05, 4.69) is 11.4 Å². The van der Waals surface area contributed by atoms with Crippen molar-refractivity contribution < 1.29 is 13.2 Å². The van der Waals surface area contributed by atoms with Crippen LogP contribution in [0.3, 0.4) is 0 Å². The summed E-state index contributed by atoms with van der Waals surface area (Å²) in [5.74, 6) is -0.239. The zero-order valence-corrected chi connectivity index (χ0v) is 10.7. The van der Waals surface area contributed by atoms with Gasteiger partial charge in [0.25, 0.3) is 0 Å². The quantitative estimate of drug-likeness (QED) is 0.872. The zero-order valence-electron chi connectivity index (χ0n) is 9.97. The van der Waals surface area contributed by atoms with Gasteiger partial charge in [0.15, 0.2) is 0 Å². The van der Waals surface area contributed by atoms with Crippen molar-refractivity contribution in [3.63, 3.8) is 0 Å². The largest absolute Gasteiger partial charge is 0.418 e. The van der Waals surface area contributed by atoms with Gasteiger partial charge in [-0.2, -0.15) is 18.4 Å². The normalized spacial score (nSPS) is 23.1. The molecule has 0 heterocycles. The molecule has 6 heteroatoms. The third-order valence-electron chi connectivity index (χ3n) is 3.31. The molecule has 2 unspecified atom stereocenters. The van der Waals surface area contributed by atoms with Crippen molar-refractivity contribution in [1.29, 1.82) is 5.26 Å². The minimum absolute atomic E-state index is 0.0101. The Morgan fingerprint density at radius 1 is 1.32 bits per heavy atom. The van der Waals surface area contributed by atoms with Crippen LogP contribution in [0.15, 0.2) is 18.2 Å². The summed E-state index contributed by atoms with van der Waals surface area (Å²) in [7, 11) is 0. The Hall–Kier alpha value is -1.41. The fourth-order valence-electron chi connectivity index (χ4n) is 2.36. The lowest BCUT2D eigenvalue weighted by atomic mass is 10.0. The van der Waals surface area contributed by atoms with Crippen LogP contribution in [0.4, 0.5) is 18.9 Å². The van der Waals surface area contributed by atoms with Crippen LogP contribution in [0.1, 0.15) is 24.8 Å². The lowest BCUT2D eigenvalue weighted by Gasteiger charge is -2.21. The molecule has 1 N–H and O–H groups in total. The molecule has 1 saturated carbocycles. The number of benzene rings is 1. The topological polar surface area (TPSA) is 35.8 Å². The molecule has 0 bridgehead atoms. The summed E-state index contributed by atoms with van der Waals surface area (Å²) >= 11 is 5.62. The fraction of sp³-hybridized carbons (Fsp3) is 0.462. The number of hydrogen-bond donors (Lipinski definition) is 1. The molecule has 1 aromatic carbocycles. The van der Waals surface area contributed by atoms with Crippen LogP contribution in [0.2, 0.25) is 5.02 Å². The van der Waals surface area contributed by atoms with E-state index in [0.717, 1.165) is 18.9 Å². The van der Waals surface area contributed by atoms with E-state index in [1.807, 2.05) is 0 Å². The van der Waals surface area contributed by atoms with Gasteiger partial charge in [0, 0.05) is 16.8 Å². The van der Waals surface area contributed by atoms with Crippen molar-refractivity contribution in [1.82, 2.24) is 0 Å². The summed E-state index contributed by atoms with van der Waals surface area (Å²) in [6, 6.07) is 5.54. The van der Waals surface area contributed by atoms with E-state index in [0.29, 0.717) is 6.42 Å². The number of alkyl halides is 3. The summed E-state index contributed by atoms with van der Waals surface area (Å²) in [6.07, 6.45) is -2.18. The van der Waals surface area contributed by atoms with Gasteiger partial charge in [0.1, 0.15) is 0 Å². The summed E-state index contributed by atoms with van der Waals surface area (Å²) in [5, 5.41) is 11.8. The van der Waals surface area contributed by atoms with Crippen LogP contribution in [0.25, 0.3) is 0 Å². The molecule has 19 heavy (non-hydrogen) atoms. The molecule has 1 aromatic rings. The Morgan fingerprint density at radius 2 is 2.05 bits per heavy atom. The van der Waals surface area contributed by atoms with E-state index < -0.39 is 11.7 Å². The van der Waals surface area contributed by atoms with Gasteiger partial charge in [-0.25, -0.2) is 0 Å². The number of nitrogens with zero attached hydrogens (tertiary/aromatic N) is 1. The SMILES string of the molecule is N#CC1CCCC1Nc1ccc(Cl)cc1C(F)(F)F. The molecule has 0 aromatic heterocycles. The van der Waals surface area contributed by atoms with Gasteiger partial charge >= 0.3 is 6.18 Å². The highest BCUT2D eigenvalue weighted by Gasteiger charge is 2.35. The second-order valence-electron chi connectivity index (χ2n) is 4.60. The molecule has 102 valence electrons. The monoisotopic (exact) mass is 288 g/mol. The van der Waals surface area contributed by atoms with Gasteiger partial charge in [0.05, 0.1) is 17.6 Å². The summed E-state index contributed by atoms with van der Waals surface area (Å²) in [5.41, 5.74) is -0.798. The molecule has 0 amide bonds. The molecule has 2 rings (SSSR count).